The molecule has 0 atom stereocenters. The molecular formula is C15H23N3O2. The molecule has 0 bridgehead atoms. The second-order valence-corrected chi connectivity index (χ2v) is 5.09. The molecule has 1 fully saturated rings. The lowest BCUT2D eigenvalue weighted by molar-refractivity contribution is 0.0531. The van der Waals surface area contributed by atoms with E-state index in [2.05, 4.69) is 17.1 Å². The van der Waals surface area contributed by atoms with Crippen LogP contribution in [0.4, 0.5) is 0 Å². The molecule has 0 saturated carbocycles. The molecule has 4 N–H and O–H groups in total. The lowest BCUT2D eigenvalue weighted by Gasteiger charge is -2.36. The molecule has 0 radical (unpaired) electrons. The average Bonchev–Trinajstić information content (AvgIpc) is 2.47. The van der Waals surface area contributed by atoms with Crippen molar-refractivity contribution in [3.8, 4) is 5.75 Å². The van der Waals surface area contributed by atoms with E-state index < -0.39 is 0 Å². The summed E-state index contributed by atoms with van der Waals surface area (Å²) < 4.78 is 11.0. The number of nitrogens with zero attached hydrogens (tertiary/aromatic N) is 1. The SMILES string of the molecule is CCOc1ccc(C2(CN=C(N)N)CCOCC2)cc1. The first kappa shape index (κ1) is 14.7. The average molecular weight is 277 g/mol. The first-order valence-electron chi connectivity index (χ1n) is 7.03. The fourth-order valence-electron chi connectivity index (χ4n) is 2.61. The molecule has 0 amide bonds. The standard InChI is InChI=1S/C15H23N3O2/c1-2-20-13-5-3-12(4-6-13)15(11-18-14(16)17)7-9-19-10-8-15/h3-6H,2,7-11H2,1H3,(H4,16,17,18). The van der Waals surface area contributed by atoms with Crippen molar-refractivity contribution in [2.75, 3.05) is 26.4 Å². The largest absolute Gasteiger partial charge is 0.494 e. The van der Waals surface area contributed by atoms with Gasteiger partial charge in [0.05, 0.1) is 13.2 Å². The maximum Gasteiger partial charge on any atom is 0.185 e. The number of ether oxygens (including phenoxy) is 2. The minimum atomic E-state index is -0.0347. The van der Waals surface area contributed by atoms with Crippen molar-refractivity contribution in [1.29, 1.82) is 0 Å². The lowest BCUT2D eigenvalue weighted by atomic mass is 9.74. The van der Waals surface area contributed by atoms with E-state index in [-0.39, 0.29) is 11.4 Å². The van der Waals surface area contributed by atoms with E-state index in [4.69, 9.17) is 20.9 Å². The zero-order valence-corrected chi connectivity index (χ0v) is 12.0. The summed E-state index contributed by atoms with van der Waals surface area (Å²) in [5.74, 6) is 1.03. The van der Waals surface area contributed by atoms with E-state index in [9.17, 15) is 0 Å². The number of hydrogen-bond donors (Lipinski definition) is 2. The third kappa shape index (κ3) is 3.42. The van der Waals surface area contributed by atoms with E-state index in [1.165, 1.54) is 5.56 Å². The Balaban J connectivity index is 2.23. The number of aliphatic imine (C=N–C) groups is 1. The number of benzene rings is 1. The maximum absolute atomic E-state index is 5.49. The Morgan fingerprint density at radius 1 is 1.25 bits per heavy atom. The van der Waals surface area contributed by atoms with Crippen LogP contribution in [0, 0.1) is 0 Å². The minimum absolute atomic E-state index is 0.0347. The summed E-state index contributed by atoms with van der Waals surface area (Å²) in [5, 5.41) is 0. The Kier molecular flexibility index (Phi) is 4.84. The zero-order valence-electron chi connectivity index (χ0n) is 12.0. The highest BCUT2D eigenvalue weighted by molar-refractivity contribution is 5.75. The number of rotatable bonds is 5. The smallest absolute Gasteiger partial charge is 0.185 e. The molecule has 1 heterocycles. The predicted molar refractivity (Wildman–Crippen MR) is 80.0 cm³/mol. The highest BCUT2D eigenvalue weighted by Gasteiger charge is 2.34. The Labute approximate surface area is 120 Å². The van der Waals surface area contributed by atoms with Crippen LogP contribution in [0.25, 0.3) is 0 Å². The Morgan fingerprint density at radius 3 is 2.45 bits per heavy atom. The van der Waals surface area contributed by atoms with E-state index in [1.54, 1.807) is 0 Å². The molecule has 1 aliphatic rings. The molecule has 110 valence electrons. The third-order valence-electron chi connectivity index (χ3n) is 3.79. The lowest BCUT2D eigenvalue weighted by Crippen LogP contribution is -2.38. The Morgan fingerprint density at radius 2 is 1.90 bits per heavy atom. The van der Waals surface area contributed by atoms with Crippen LogP contribution in [-0.2, 0) is 10.2 Å². The molecule has 5 nitrogen and oxygen atoms in total. The van der Waals surface area contributed by atoms with Crippen molar-refractivity contribution in [3.05, 3.63) is 29.8 Å². The van der Waals surface area contributed by atoms with Crippen molar-refractivity contribution in [2.24, 2.45) is 16.5 Å². The summed E-state index contributed by atoms with van der Waals surface area (Å²) in [5.41, 5.74) is 12.2. The maximum atomic E-state index is 5.49. The number of nitrogens with two attached hydrogens (primary N) is 2. The van der Waals surface area contributed by atoms with Crippen LogP contribution < -0.4 is 16.2 Å². The number of guanidine groups is 1. The highest BCUT2D eigenvalue weighted by Crippen LogP contribution is 2.36. The van der Waals surface area contributed by atoms with Gasteiger partial charge in [-0.1, -0.05) is 12.1 Å². The molecule has 0 spiro atoms. The van der Waals surface area contributed by atoms with E-state index in [0.29, 0.717) is 13.2 Å². The third-order valence-corrected chi connectivity index (χ3v) is 3.79. The van der Waals surface area contributed by atoms with Gasteiger partial charge in [-0.2, -0.15) is 0 Å². The van der Waals surface area contributed by atoms with E-state index >= 15 is 0 Å². The molecule has 2 rings (SSSR count). The summed E-state index contributed by atoms with van der Waals surface area (Å²) in [6.07, 6.45) is 1.86. The summed E-state index contributed by atoms with van der Waals surface area (Å²) in [6, 6.07) is 8.23. The van der Waals surface area contributed by atoms with Crippen molar-refractivity contribution >= 4 is 5.96 Å². The molecule has 0 unspecified atom stereocenters. The van der Waals surface area contributed by atoms with Crippen LogP contribution in [-0.4, -0.2) is 32.3 Å². The van der Waals surface area contributed by atoms with Gasteiger partial charge in [-0.25, -0.2) is 0 Å². The first-order valence-corrected chi connectivity index (χ1v) is 7.03. The summed E-state index contributed by atoms with van der Waals surface area (Å²) in [7, 11) is 0. The topological polar surface area (TPSA) is 82.9 Å². The van der Waals surface area contributed by atoms with Gasteiger partial charge in [0.2, 0.25) is 0 Å². The second kappa shape index (κ2) is 6.61. The van der Waals surface area contributed by atoms with Gasteiger partial charge in [0.1, 0.15) is 5.75 Å². The zero-order chi connectivity index (χ0) is 14.4. The minimum Gasteiger partial charge on any atom is -0.494 e. The van der Waals surface area contributed by atoms with Gasteiger partial charge < -0.3 is 20.9 Å². The summed E-state index contributed by atoms with van der Waals surface area (Å²) in [4.78, 5) is 4.24. The van der Waals surface area contributed by atoms with E-state index in [0.717, 1.165) is 31.8 Å². The molecule has 1 aromatic carbocycles. The predicted octanol–water partition coefficient (Wildman–Crippen LogP) is 1.41. The molecule has 0 aromatic heterocycles. The molecule has 1 saturated heterocycles. The molecule has 20 heavy (non-hydrogen) atoms. The van der Waals surface area contributed by atoms with Gasteiger partial charge >= 0.3 is 0 Å². The molecule has 1 aliphatic heterocycles. The van der Waals surface area contributed by atoms with Crippen molar-refractivity contribution < 1.29 is 9.47 Å². The number of hydrogen-bond acceptors (Lipinski definition) is 3. The fourth-order valence-corrected chi connectivity index (χ4v) is 2.61. The van der Waals surface area contributed by atoms with Gasteiger partial charge in [0.25, 0.3) is 0 Å². The highest BCUT2D eigenvalue weighted by atomic mass is 16.5. The molecular weight excluding hydrogens is 254 g/mol. The molecule has 0 aliphatic carbocycles. The summed E-state index contributed by atoms with van der Waals surface area (Å²) >= 11 is 0. The van der Waals surface area contributed by atoms with Crippen LogP contribution in [0.3, 0.4) is 0 Å². The van der Waals surface area contributed by atoms with Crippen molar-refractivity contribution in [2.45, 2.75) is 25.2 Å². The first-order chi connectivity index (χ1) is 9.66. The summed E-state index contributed by atoms with van der Waals surface area (Å²) in [6.45, 7) is 4.74. The molecule has 1 aromatic rings. The van der Waals surface area contributed by atoms with Crippen LogP contribution >= 0.6 is 0 Å². The van der Waals surface area contributed by atoms with Crippen LogP contribution in [0.15, 0.2) is 29.3 Å². The van der Waals surface area contributed by atoms with Gasteiger partial charge in [0.15, 0.2) is 5.96 Å². The fraction of sp³-hybridized carbons (Fsp3) is 0.533. The van der Waals surface area contributed by atoms with Gasteiger partial charge in [0, 0.05) is 18.6 Å². The van der Waals surface area contributed by atoms with Crippen LogP contribution in [0.2, 0.25) is 0 Å². The van der Waals surface area contributed by atoms with Gasteiger partial charge in [-0.15, -0.1) is 0 Å². The van der Waals surface area contributed by atoms with Gasteiger partial charge in [-0.05, 0) is 37.5 Å². The van der Waals surface area contributed by atoms with Crippen molar-refractivity contribution in [3.63, 3.8) is 0 Å². The van der Waals surface area contributed by atoms with Crippen molar-refractivity contribution in [1.82, 2.24) is 0 Å². The monoisotopic (exact) mass is 277 g/mol. The second-order valence-electron chi connectivity index (χ2n) is 5.09. The van der Waals surface area contributed by atoms with E-state index in [1.807, 2.05) is 19.1 Å². The van der Waals surface area contributed by atoms with Crippen LogP contribution in [0.5, 0.6) is 5.75 Å². The molecule has 5 heteroatoms. The Bertz CT molecular complexity index is 447. The quantitative estimate of drug-likeness (QED) is 0.629. The normalized spacial score (nSPS) is 17.4. The Hall–Kier alpha value is -1.75. The van der Waals surface area contributed by atoms with Gasteiger partial charge in [-0.3, -0.25) is 4.99 Å². The van der Waals surface area contributed by atoms with Crippen LogP contribution in [0.1, 0.15) is 25.3 Å².